The first-order valence-corrected chi connectivity index (χ1v) is 5.02. The van der Waals surface area contributed by atoms with Crippen LogP contribution in [-0.4, -0.2) is 26.0 Å². The van der Waals surface area contributed by atoms with Crippen molar-refractivity contribution in [2.45, 2.75) is 39.2 Å². The molecule has 0 saturated heterocycles. The predicted molar refractivity (Wildman–Crippen MR) is 49.9 cm³/mol. The number of hydrogen-bond acceptors (Lipinski definition) is 4. The quantitative estimate of drug-likeness (QED) is 0.679. The fraction of sp³-hybridized carbons (Fsp3) is 0.778. The van der Waals surface area contributed by atoms with Crippen LogP contribution in [0.4, 0.5) is 0 Å². The largest absolute Gasteiger partial charge is 0.290 e. The number of hydrogen-bond donors (Lipinski definition) is 0. The number of tetrazole rings is 1. The highest BCUT2D eigenvalue weighted by Gasteiger charge is 2.24. The van der Waals surface area contributed by atoms with E-state index in [-0.39, 0.29) is 17.5 Å². The lowest BCUT2D eigenvalue weighted by molar-refractivity contribution is 0.0928. The third-order valence-electron chi connectivity index (χ3n) is 2.57. The first-order valence-electron chi connectivity index (χ1n) is 5.02. The summed E-state index contributed by atoms with van der Waals surface area (Å²) in [6.45, 7) is 3.68. The van der Waals surface area contributed by atoms with Gasteiger partial charge in [0.2, 0.25) is 11.6 Å². The summed E-state index contributed by atoms with van der Waals surface area (Å²) in [5, 5.41) is 11.8. The Kier molecular flexibility index (Phi) is 2.31. The van der Waals surface area contributed by atoms with Crippen molar-refractivity contribution < 1.29 is 4.79 Å². The summed E-state index contributed by atoms with van der Waals surface area (Å²) in [5.74, 6) is 0.163. The predicted octanol–water partition coefficient (Wildman–Crippen LogP) is 1.24. The Morgan fingerprint density at radius 2 is 2.21 bits per heavy atom. The maximum Gasteiger partial charge on any atom is 0.240 e. The number of Topliss-reactive ketones (excluding diaryl/α,β-unsaturated/α-hetero) is 1. The number of aromatic nitrogens is 4. The molecule has 0 N–H and O–H groups in total. The molecule has 1 aromatic rings. The van der Waals surface area contributed by atoms with Crippen LogP contribution in [0, 0.1) is 5.92 Å². The smallest absolute Gasteiger partial charge is 0.240 e. The second-order valence-corrected chi connectivity index (χ2v) is 4.04. The maximum atomic E-state index is 11.5. The van der Waals surface area contributed by atoms with Gasteiger partial charge in [0.05, 0.1) is 6.04 Å². The van der Waals surface area contributed by atoms with Gasteiger partial charge in [0.15, 0.2) is 0 Å². The molecule has 0 amide bonds. The molecule has 76 valence electrons. The van der Waals surface area contributed by atoms with E-state index in [4.69, 9.17) is 0 Å². The van der Waals surface area contributed by atoms with Gasteiger partial charge in [-0.1, -0.05) is 13.8 Å². The van der Waals surface area contributed by atoms with Gasteiger partial charge in [0, 0.05) is 5.92 Å². The van der Waals surface area contributed by atoms with Crippen LogP contribution < -0.4 is 0 Å². The lowest BCUT2D eigenvalue weighted by Gasteiger charge is -2.22. The minimum Gasteiger partial charge on any atom is -0.290 e. The Morgan fingerprint density at radius 3 is 2.71 bits per heavy atom. The highest BCUT2D eigenvalue weighted by Crippen LogP contribution is 2.29. The van der Waals surface area contributed by atoms with E-state index in [1.807, 2.05) is 13.8 Å². The van der Waals surface area contributed by atoms with E-state index < -0.39 is 0 Å². The van der Waals surface area contributed by atoms with Crippen molar-refractivity contribution in [3.63, 3.8) is 0 Å². The molecule has 0 bridgehead atoms. The third-order valence-corrected chi connectivity index (χ3v) is 2.57. The second-order valence-electron chi connectivity index (χ2n) is 4.04. The maximum absolute atomic E-state index is 11.5. The summed E-state index contributed by atoms with van der Waals surface area (Å²) in [4.78, 5) is 13.1. The molecule has 1 fully saturated rings. The Hall–Kier alpha value is -1.26. The minimum atomic E-state index is -0.0611. The number of carbonyl (C=O) groups excluding carboxylic acids is 1. The molecule has 1 aliphatic carbocycles. The van der Waals surface area contributed by atoms with Gasteiger partial charge in [0.1, 0.15) is 0 Å². The van der Waals surface area contributed by atoms with Gasteiger partial charge < -0.3 is 0 Å². The molecule has 0 unspecified atom stereocenters. The molecule has 1 aliphatic rings. The van der Waals surface area contributed by atoms with Gasteiger partial charge in [-0.05, 0) is 24.5 Å². The zero-order valence-electron chi connectivity index (χ0n) is 8.47. The molecule has 0 aliphatic heterocycles. The van der Waals surface area contributed by atoms with Gasteiger partial charge in [-0.25, -0.2) is 0 Å². The topological polar surface area (TPSA) is 60.7 Å². The standard InChI is InChI=1S/C9H14N4O/c1-6(2)8(14)9-10-12-13(11-9)7-4-3-5-7/h6-7H,3-5H2,1-2H3. The van der Waals surface area contributed by atoms with Crippen LogP contribution in [0.3, 0.4) is 0 Å². The highest BCUT2D eigenvalue weighted by atomic mass is 16.1. The van der Waals surface area contributed by atoms with Crippen molar-refractivity contribution in [2.24, 2.45) is 5.92 Å². The zero-order chi connectivity index (χ0) is 10.1. The molecule has 0 atom stereocenters. The second kappa shape index (κ2) is 3.48. The molecule has 0 radical (unpaired) electrons. The van der Waals surface area contributed by atoms with Crippen LogP contribution in [0.2, 0.25) is 0 Å². The number of rotatable bonds is 3. The van der Waals surface area contributed by atoms with Crippen LogP contribution >= 0.6 is 0 Å². The number of carbonyl (C=O) groups is 1. The molecule has 1 heterocycles. The first-order chi connectivity index (χ1) is 6.68. The molecule has 1 saturated carbocycles. The van der Waals surface area contributed by atoms with E-state index in [2.05, 4.69) is 15.4 Å². The normalized spacial score (nSPS) is 17.1. The summed E-state index contributed by atoms with van der Waals surface area (Å²) in [6.07, 6.45) is 3.43. The zero-order valence-corrected chi connectivity index (χ0v) is 8.47. The molecule has 5 nitrogen and oxygen atoms in total. The van der Waals surface area contributed by atoms with E-state index in [1.165, 1.54) is 6.42 Å². The molecular formula is C9H14N4O. The van der Waals surface area contributed by atoms with Crippen LogP contribution in [0.15, 0.2) is 0 Å². The Morgan fingerprint density at radius 1 is 1.50 bits per heavy atom. The highest BCUT2D eigenvalue weighted by molar-refractivity contribution is 5.93. The van der Waals surface area contributed by atoms with Crippen molar-refractivity contribution in [3.8, 4) is 0 Å². The molecule has 0 spiro atoms. The monoisotopic (exact) mass is 194 g/mol. The van der Waals surface area contributed by atoms with Gasteiger partial charge in [-0.15, -0.1) is 10.2 Å². The van der Waals surface area contributed by atoms with E-state index in [1.54, 1.807) is 4.80 Å². The summed E-state index contributed by atoms with van der Waals surface area (Å²) < 4.78 is 0. The summed E-state index contributed by atoms with van der Waals surface area (Å²) in [5.41, 5.74) is 0. The van der Waals surface area contributed by atoms with Crippen molar-refractivity contribution in [1.29, 1.82) is 0 Å². The van der Waals surface area contributed by atoms with Gasteiger partial charge >= 0.3 is 0 Å². The van der Waals surface area contributed by atoms with E-state index in [9.17, 15) is 4.79 Å². The van der Waals surface area contributed by atoms with E-state index >= 15 is 0 Å². The number of nitrogens with zero attached hydrogens (tertiary/aromatic N) is 4. The van der Waals surface area contributed by atoms with E-state index in [0.29, 0.717) is 6.04 Å². The van der Waals surface area contributed by atoms with E-state index in [0.717, 1.165) is 12.8 Å². The molecule has 2 rings (SSSR count). The molecule has 1 aromatic heterocycles. The summed E-state index contributed by atoms with van der Waals surface area (Å²) >= 11 is 0. The SMILES string of the molecule is CC(C)C(=O)c1nnn(C2CCC2)n1. The van der Waals surface area contributed by atoms with Crippen LogP contribution in [0.25, 0.3) is 0 Å². The number of ketones is 1. The van der Waals surface area contributed by atoms with Crippen molar-refractivity contribution in [2.75, 3.05) is 0 Å². The Labute approximate surface area is 82.5 Å². The van der Waals surface area contributed by atoms with Crippen molar-refractivity contribution in [1.82, 2.24) is 20.2 Å². The Balaban J connectivity index is 2.12. The fourth-order valence-corrected chi connectivity index (χ4v) is 1.35. The third kappa shape index (κ3) is 1.54. The van der Waals surface area contributed by atoms with Gasteiger partial charge in [-0.2, -0.15) is 4.80 Å². The fourth-order valence-electron chi connectivity index (χ4n) is 1.35. The van der Waals surface area contributed by atoms with Crippen LogP contribution in [-0.2, 0) is 0 Å². The lowest BCUT2D eigenvalue weighted by Crippen LogP contribution is -2.20. The molecule has 5 heteroatoms. The molecule has 0 aromatic carbocycles. The average molecular weight is 194 g/mol. The molecule has 14 heavy (non-hydrogen) atoms. The average Bonchev–Trinajstić information content (AvgIpc) is 2.48. The van der Waals surface area contributed by atoms with Crippen LogP contribution in [0.5, 0.6) is 0 Å². The minimum absolute atomic E-state index is 0.0319. The van der Waals surface area contributed by atoms with Gasteiger partial charge in [0.25, 0.3) is 0 Å². The van der Waals surface area contributed by atoms with Gasteiger partial charge in [-0.3, -0.25) is 4.79 Å². The van der Waals surface area contributed by atoms with Crippen molar-refractivity contribution in [3.05, 3.63) is 5.82 Å². The van der Waals surface area contributed by atoms with Crippen molar-refractivity contribution >= 4 is 5.78 Å². The summed E-state index contributed by atoms with van der Waals surface area (Å²) in [7, 11) is 0. The molecular weight excluding hydrogens is 180 g/mol. The Bertz CT molecular complexity index is 340. The lowest BCUT2D eigenvalue weighted by atomic mass is 9.94. The summed E-state index contributed by atoms with van der Waals surface area (Å²) in [6, 6.07) is 0.371. The first kappa shape index (κ1) is 9.30. The van der Waals surface area contributed by atoms with Crippen LogP contribution in [0.1, 0.15) is 49.8 Å².